The lowest BCUT2D eigenvalue weighted by Crippen LogP contribution is -2.45. The third kappa shape index (κ3) is 3.63. The Bertz CT molecular complexity index is 1060. The number of aryl methyl sites for hydroxylation is 1. The number of ether oxygens (including phenoxy) is 1. The number of nitrogens with one attached hydrogen (secondary N) is 1. The minimum atomic E-state index is -0.889. The van der Waals surface area contributed by atoms with Gasteiger partial charge in [0.05, 0.1) is 5.41 Å². The maximum Gasteiger partial charge on any atom is 0.323 e. The summed E-state index contributed by atoms with van der Waals surface area (Å²) in [5, 5.41) is 13.0. The lowest BCUT2D eigenvalue weighted by molar-refractivity contribution is -0.137. The van der Waals surface area contributed by atoms with Crippen LogP contribution in [-0.2, 0) is 26.3 Å². The van der Waals surface area contributed by atoms with Crippen LogP contribution in [0.4, 0.5) is 5.69 Å². The molecule has 6 heteroatoms. The average molecular weight is 392 g/mol. The van der Waals surface area contributed by atoms with Crippen LogP contribution in [0.1, 0.15) is 24.0 Å². The van der Waals surface area contributed by atoms with Crippen LogP contribution in [-0.4, -0.2) is 34.8 Å². The molecule has 2 N–H and O–H groups in total. The summed E-state index contributed by atoms with van der Waals surface area (Å²) in [7, 11) is 0. The molecule has 150 valence electrons. The molecule has 0 saturated carbocycles. The number of hydrogen-bond donors (Lipinski definition) is 2. The maximum absolute atomic E-state index is 13.5. The Labute approximate surface area is 169 Å². The number of anilines is 1. The van der Waals surface area contributed by atoms with Gasteiger partial charge in [0, 0.05) is 36.0 Å². The Hall–Kier alpha value is -3.12. The molecular weight excluding hydrogens is 368 g/mol. The molecule has 0 spiro atoms. The molecule has 0 atom stereocenters. The van der Waals surface area contributed by atoms with Gasteiger partial charge in [0.2, 0.25) is 5.91 Å². The Balaban J connectivity index is 1.64. The number of benzene rings is 2. The highest BCUT2D eigenvalue weighted by Gasteiger charge is 2.42. The van der Waals surface area contributed by atoms with Crippen molar-refractivity contribution < 1.29 is 19.4 Å². The maximum atomic E-state index is 13.5. The molecule has 0 bridgehead atoms. The largest absolute Gasteiger partial charge is 0.480 e. The van der Waals surface area contributed by atoms with Crippen LogP contribution >= 0.6 is 0 Å². The second kappa shape index (κ2) is 7.72. The molecule has 1 amide bonds. The molecule has 3 aromatic rings. The van der Waals surface area contributed by atoms with Crippen molar-refractivity contribution in [3.05, 3.63) is 65.9 Å². The number of carbonyl (C=O) groups excluding carboxylic acids is 1. The molecule has 2 heterocycles. The van der Waals surface area contributed by atoms with E-state index in [0.29, 0.717) is 31.7 Å². The fraction of sp³-hybridized carbons (Fsp3) is 0.304. The van der Waals surface area contributed by atoms with E-state index in [4.69, 9.17) is 9.84 Å². The monoisotopic (exact) mass is 392 g/mol. The van der Waals surface area contributed by atoms with Crippen molar-refractivity contribution >= 4 is 28.5 Å². The highest BCUT2D eigenvalue weighted by atomic mass is 16.5. The van der Waals surface area contributed by atoms with Gasteiger partial charge in [0.1, 0.15) is 6.54 Å². The number of amides is 1. The number of carboxylic acid groups (broad SMARTS) is 1. The summed E-state index contributed by atoms with van der Waals surface area (Å²) in [4.78, 5) is 24.5. The van der Waals surface area contributed by atoms with Gasteiger partial charge in [-0.1, -0.05) is 24.3 Å². The highest BCUT2D eigenvalue weighted by molar-refractivity contribution is 6.01. The molecular formula is C23H24N2O4. The Morgan fingerprint density at radius 3 is 2.62 bits per heavy atom. The van der Waals surface area contributed by atoms with Crippen LogP contribution in [0.5, 0.6) is 0 Å². The number of carboxylic acids is 1. The number of nitrogens with zero attached hydrogens (tertiary/aromatic N) is 1. The molecule has 2 aromatic carbocycles. The van der Waals surface area contributed by atoms with Gasteiger partial charge < -0.3 is 19.7 Å². The molecule has 0 unspecified atom stereocenters. The summed E-state index contributed by atoms with van der Waals surface area (Å²) >= 11 is 0. The smallest absolute Gasteiger partial charge is 0.323 e. The highest BCUT2D eigenvalue weighted by Crippen LogP contribution is 2.38. The zero-order chi connectivity index (χ0) is 20.4. The molecule has 1 fully saturated rings. The number of aromatic nitrogens is 1. The van der Waals surface area contributed by atoms with Crippen LogP contribution in [0.3, 0.4) is 0 Å². The lowest BCUT2D eigenvalue weighted by atomic mass is 9.71. The molecule has 0 radical (unpaired) electrons. The standard InChI is InChI=1S/C23H24N2O4/c1-16-4-2-3-5-19(16)23(9-12-29-13-10-23)22(28)24-18-6-7-20-17(14-18)8-11-25(20)15-21(26)27/h2-8,11,14H,9-10,12-13,15H2,1H3,(H,24,28)(H,26,27). The van der Waals surface area contributed by atoms with Crippen LogP contribution < -0.4 is 5.32 Å². The summed E-state index contributed by atoms with van der Waals surface area (Å²) in [6.45, 7) is 3.06. The molecule has 1 aliphatic heterocycles. The number of fused-ring (bicyclic) bond motifs is 1. The zero-order valence-electron chi connectivity index (χ0n) is 16.4. The first-order chi connectivity index (χ1) is 14.0. The second-order valence-electron chi connectivity index (χ2n) is 7.57. The van der Waals surface area contributed by atoms with Gasteiger partial charge in [-0.3, -0.25) is 9.59 Å². The number of hydrogen-bond acceptors (Lipinski definition) is 3. The first kappa shape index (κ1) is 19.2. The van der Waals surface area contributed by atoms with E-state index in [1.807, 2.05) is 55.5 Å². The summed E-state index contributed by atoms with van der Waals surface area (Å²) in [6.07, 6.45) is 3.03. The first-order valence-electron chi connectivity index (χ1n) is 9.76. The second-order valence-corrected chi connectivity index (χ2v) is 7.57. The minimum absolute atomic E-state index is 0.0283. The van der Waals surface area contributed by atoms with Gasteiger partial charge >= 0.3 is 5.97 Å². The van der Waals surface area contributed by atoms with E-state index < -0.39 is 11.4 Å². The minimum Gasteiger partial charge on any atom is -0.480 e. The van der Waals surface area contributed by atoms with Gasteiger partial charge in [0.15, 0.2) is 0 Å². The Kier molecular flexibility index (Phi) is 5.11. The van der Waals surface area contributed by atoms with Crippen molar-refractivity contribution in [2.24, 2.45) is 0 Å². The molecule has 6 nitrogen and oxygen atoms in total. The third-order valence-electron chi connectivity index (χ3n) is 5.78. The summed E-state index contributed by atoms with van der Waals surface area (Å²) in [5.74, 6) is -0.918. The van der Waals surface area contributed by atoms with Crippen molar-refractivity contribution in [1.29, 1.82) is 0 Å². The molecule has 1 aliphatic rings. The fourth-order valence-electron chi connectivity index (χ4n) is 4.26. The van der Waals surface area contributed by atoms with Crippen LogP contribution in [0.2, 0.25) is 0 Å². The topological polar surface area (TPSA) is 80.6 Å². The summed E-state index contributed by atoms with van der Waals surface area (Å²) in [5.41, 5.74) is 3.06. The Morgan fingerprint density at radius 1 is 1.14 bits per heavy atom. The van der Waals surface area contributed by atoms with Crippen molar-refractivity contribution in [3.63, 3.8) is 0 Å². The summed E-state index contributed by atoms with van der Waals surface area (Å²) in [6, 6.07) is 15.5. The van der Waals surface area contributed by atoms with E-state index in [-0.39, 0.29) is 12.5 Å². The zero-order valence-corrected chi connectivity index (χ0v) is 16.4. The van der Waals surface area contributed by atoms with E-state index in [1.54, 1.807) is 10.8 Å². The van der Waals surface area contributed by atoms with Crippen molar-refractivity contribution in [1.82, 2.24) is 4.57 Å². The predicted octanol–water partition coefficient (Wildman–Crippen LogP) is 3.72. The fourth-order valence-corrected chi connectivity index (χ4v) is 4.26. The molecule has 0 aliphatic carbocycles. The average Bonchev–Trinajstić information content (AvgIpc) is 3.10. The molecule has 1 saturated heterocycles. The van der Waals surface area contributed by atoms with E-state index in [2.05, 4.69) is 5.32 Å². The first-order valence-corrected chi connectivity index (χ1v) is 9.76. The third-order valence-corrected chi connectivity index (χ3v) is 5.78. The van der Waals surface area contributed by atoms with Gasteiger partial charge in [0.25, 0.3) is 0 Å². The quantitative estimate of drug-likeness (QED) is 0.693. The van der Waals surface area contributed by atoms with E-state index in [0.717, 1.165) is 22.0 Å². The van der Waals surface area contributed by atoms with Gasteiger partial charge in [-0.15, -0.1) is 0 Å². The van der Waals surface area contributed by atoms with Crippen molar-refractivity contribution in [2.45, 2.75) is 31.7 Å². The van der Waals surface area contributed by atoms with Gasteiger partial charge in [-0.2, -0.15) is 0 Å². The lowest BCUT2D eigenvalue weighted by Gasteiger charge is -2.37. The van der Waals surface area contributed by atoms with E-state index in [9.17, 15) is 9.59 Å². The molecule has 4 rings (SSSR count). The Morgan fingerprint density at radius 2 is 1.90 bits per heavy atom. The number of aliphatic carboxylic acids is 1. The summed E-state index contributed by atoms with van der Waals surface area (Å²) < 4.78 is 7.22. The van der Waals surface area contributed by atoms with Crippen LogP contribution in [0.15, 0.2) is 54.7 Å². The van der Waals surface area contributed by atoms with Crippen LogP contribution in [0.25, 0.3) is 10.9 Å². The SMILES string of the molecule is Cc1ccccc1C1(C(=O)Nc2ccc3c(ccn3CC(=O)O)c2)CCOCC1. The van der Waals surface area contributed by atoms with Crippen LogP contribution in [0, 0.1) is 6.92 Å². The van der Waals surface area contributed by atoms with Crippen molar-refractivity contribution in [3.8, 4) is 0 Å². The van der Waals surface area contributed by atoms with E-state index in [1.165, 1.54) is 0 Å². The number of carbonyl (C=O) groups is 2. The number of rotatable bonds is 5. The van der Waals surface area contributed by atoms with Gasteiger partial charge in [-0.05, 0) is 55.2 Å². The predicted molar refractivity (Wildman–Crippen MR) is 111 cm³/mol. The van der Waals surface area contributed by atoms with Crippen molar-refractivity contribution in [2.75, 3.05) is 18.5 Å². The molecule has 29 heavy (non-hydrogen) atoms. The van der Waals surface area contributed by atoms with E-state index >= 15 is 0 Å². The van der Waals surface area contributed by atoms with Gasteiger partial charge in [-0.25, -0.2) is 0 Å². The molecule has 1 aromatic heterocycles. The normalized spacial score (nSPS) is 15.9.